The normalized spacial score (nSPS) is 10.3. The van der Waals surface area contributed by atoms with Gasteiger partial charge in [0.05, 0.1) is 32.0 Å². The molecule has 0 radical (unpaired) electrons. The van der Waals surface area contributed by atoms with Crippen molar-refractivity contribution in [1.29, 1.82) is 0 Å². The van der Waals surface area contributed by atoms with Crippen LogP contribution < -0.4 is 10.6 Å². The molecule has 0 spiro atoms. The molecular weight excluding hydrogens is 333 g/mol. The Morgan fingerprint density at radius 1 is 1.05 bits per heavy atom. The van der Waals surface area contributed by atoms with Crippen LogP contribution in [0.2, 0.25) is 15.1 Å². The molecule has 0 aliphatic rings. The third kappa shape index (κ3) is 3.59. The SMILES string of the molecule is CNc1cc(C)ncc1C(=O)Nc1cc(Cl)c(Cl)cc1Cl. The van der Waals surface area contributed by atoms with Gasteiger partial charge in [0.25, 0.3) is 5.91 Å². The molecule has 4 nitrogen and oxygen atoms in total. The average molecular weight is 345 g/mol. The van der Waals surface area contributed by atoms with E-state index >= 15 is 0 Å². The number of anilines is 2. The molecule has 110 valence electrons. The zero-order chi connectivity index (χ0) is 15.6. The summed E-state index contributed by atoms with van der Waals surface area (Å²) in [7, 11) is 1.73. The molecular formula is C14H12Cl3N3O. The molecule has 1 amide bonds. The summed E-state index contributed by atoms with van der Waals surface area (Å²) in [6.45, 7) is 1.85. The molecule has 0 atom stereocenters. The van der Waals surface area contributed by atoms with E-state index in [-0.39, 0.29) is 5.91 Å². The number of aromatic nitrogens is 1. The van der Waals surface area contributed by atoms with E-state index in [0.717, 1.165) is 5.69 Å². The highest BCUT2D eigenvalue weighted by atomic mass is 35.5. The lowest BCUT2D eigenvalue weighted by molar-refractivity contribution is 0.102. The highest BCUT2D eigenvalue weighted by Crippen LogP contribution is 2.32. The lowest BCUT2D eigenvalue weighted by Crippen LogP contribution is -2.15. The lowest BCUT2D eigenvalue weighted by Gasteiger charge is -2.12. The third-order valence-corrected chi connectivity index (χ3v) is 3.85. The van der Waals surface area contributed by atoms with E-state index in [2.05, 4.69) is 15.6 Å². The molecule has 2 N–H and O–H groups in total. The van der Waals surface area contributed by atoms with Crippen LogP contribution in [0.15, 0.2) is 24.4 Å². The van der Waals surface area contributed by atoms with Crippen molar-refractivity contribution in [1.82, 2.24) is 4.98 Å². The number of nitrogens with zero attached hydrogens (tertiary/aromatic N) is 1. The zero-order valence-corrected chi connectivity index (χ0v) is 13.6. The molecule has 1 heterocycles. The summed E-state index contributed by atoms with van der Waals surface area (Å²) in [5.74, 6) is -0.341. The van der Waals surface area contributed by atoms with Crippen molar-refractivity contribution in [3.63, 3.8) is 0 Å². The minimum atomic E-state index is -0.341. The minimum Gasteiger partial charge on any atom is -0.387 e. The van der Waals surface area contributed by atoms with E-state index in [9.17, 15) is 4.79 Å². The quantitative estimate of drug-likeness (QED) is 0.797. The average Bonchev–Trinajstić information content (AvgIpc) is 2.44. The predicted octanol–water partition coefficient (Wildman–Crippen LogP) is 4.64. The molecule has 0 fully saturated rings. The number of carbonyl (C=O) groups is 1. The molecule has 1 aromatic carbocycles. The molecule has 1 aromatic heterocycles. The van der Waals surface area contributed by atoms with Crippen LogP contribution in [0.5, 0.6) is 0 Å². The van der Waals surface area contributed by atoms with Crippen molar-refractivity contribution in [2.24, 2.45) is 0 Å². The van der Waals surface area contributed by atoms with Gasteiger partial charge in [-0.25, -0.2) is 0 Å². The minimum absolute atomic E-state index is 0.309. The maximum absolute atomic E-state index is 12.3. The van der Waals surface area contributed by atoms with E-state index in [4.69, 9.17) is 34.8 Å². The summed E-state index contributed by atoms with van der Waals surface area (Å²) < 4.78 is 0. The number of halogens is 3. The van der Waals surface area contributed by atoms with Crippen LogP contribution in [-0.4, -0.2) is 17.9 Å². The monoisotopic (exact) mass is 343 g/mol. The molecule has 0 aliphatic heterocycles. The van der Waals surface area contributed by atoms with E-state index in [1.165, 1.54) is 18.3 Å². The molecule has 0 saturated heterocycles. The first-order valence-electron chi connectivity index (χ1n) is 6.02. The number of carbonyl (C=O) groups excluding carboxylic acids is 1. The van der Waals surface area contributed by atoms with E-state index in [0.29, 0.717) is 32.0 Å². The Morgan fingerprint density at radius 2 is 1.71 bits per heavy atom. The van der Waals surface area contributed by atoms with Crippen LogP contribution in [0.4, 0.5) is 11.4 Å². The predicted molar refractivity (Wildman–Crippen MR) is 87.9 cm³/mol. The van der Waals surface area contributed by atoms with Crippen LogP contribution >= 0.6 is 34.8 Å². The Morgan fingerprint density at radius 3 is 2.38 bits per heavy atom. The fraction of sp³-hybridized carbons (Fsp3) is 0.143. The number of hydrogen-bond acceptors (Lipinski definition) is 3. The molecule has 2 rings (SSSR count). The van der Waals surface area contributed by atoms with Crippen molar-refractivity contribution >= 4 is 52.1 Å². The van der Waals surface area contributed by atoms with Crippen LogP contribution in [0, 0.1) is 6.92 Å². The van der Waals surface area contributed by atoms with Gasteiger partial charge in [-0.3, -0.25) is 9.78 Å². The topological polar surface area (TPSA) is 54.0 Å². The summed E-state index contributed by atoms with van der Waals surface area (Å²) in [5.41, 5.74) is 2.28. The van der Waals surface area contributed by atoms with Gasteiger partial charge in [0.1, 0.15) is 0 Å². The van der Waals surface area contributed by atoms with Crippen molar-refractivity contribution in [2.45, 2.75) is 6.92 Å². The second-order valence-electron chi connectivity index (χ2n) is 4.32. The molecule has 7 heteroatoms. The Bertz CT molecular complexity index is 704. The van der Waals surface area contributed by atoms with Gasteiger partial charge < -0.3 is 10.6 Å². The number of rotatable bonds is 3. The van der Waals surface area contributed by atoms with Crippen molar-refractivity contribution in [3.8, 4) is 0 Å². The molecule has 2 aromatic rings. The maximum Gasteiger partial charge on any atom is 0.259 e. The van der Waals surface area contributed by atoms with Gasteiger partial charge in [0, 0.05) is 18.9 Å². The van der Waals surface area contributed by atoms with Crippen LogP contribution in [0.3, 0.4) is 0 Å². The number of nitrogens with one attached hydrogen (secondary N) is 2. The maximum atomic E-state index is 12.3. The van der Waals surface area contributed by atoms with Gasteiger partial charge in [-0.1, -0.05) is 34.8 Å². The van der Waals surface area contributed by atoms with Crippen molar-refractivity contribution in [3.05, 3.63) is 50.7 Å². The highest BCUT2D eigenvalue weighted by molar-refractivity contribution is 6.44. The van der Waals surface area contributed by atoms with Gasteiger partial charge in [0.15, 0.2) is 0 Å². The van der Waals surface area contributed by atoms with E-state index < -0.39 is 0 Å². The zero-order valence-electron chi connectivity index (χ0n) is 11.3. The summed E-state index contributed by atoms with van der Waals surface area (Å²) in [6, 6.07) is 4.77. The van der Waals surface area contributed by atoms with Gasteiger partial charge in [-0.05, 0) is 25.1 Å². The molecule has 0 saturated carbocycles. The first-order valence-corrected chi connectivity index (χ1v) is 7.16. The molecule has 0 unspecified atom stereocenters. The lowest BCUT2D eigenvalue weighted by atomic mass is 10.2. The van der Waals surface area contributed by atoms with Crippen molar-refractivity contribution < 1.29 is 4.79 Å². The summed E-state index contributed by atoms with van der Waals surface area (Å²) >= 11 is 17.8. The summed E-state index contributed by atoms with van der Waals surface area (Å²) in [5, 5.41) is 6.60. The first-order chi connectivity index (χ1) is 9.92. The second-order valence-corrected chi connectivity index (χ2v) is 5.54. The molecule has 21 heavy (non-hydrogen) atoms. The molecule has 0 bridgehead atoms. The number of pyridine rings is 1. The van der Waals surface area contributed by atoms with Gasteiger partial charge in [0.2, 0.25) is 0 Å². The fourth-order valence-corrected chi connectivity index (χ4v) is 2.35. The third-order valence-electron chi connectivity index (χ3n) is 2.81. The number of hydrogen-bond donors (Lipinski definition) is 2. The second kappa shape index (κ2) is 6.52. The largest absolute Gasteiger partial charge is 0.387 e. The number of benzene rings is 1. The van der Waals surface area contributed by atoms with E-state index in [1.807, 2.05) is 6.92 Å². The molecule has 0 aliphatic carbocycles. The Kier molecular flexibility index (Phi) is 4.93. The van der Waals surface area contributed by atoms with Crippen molar-refractivity contribution in [2.75, 3.05) is 17.7 Å². The Hall–Kier alpha value is -1.49. The van der Waals surface area contributed by atoms with E-state index in [1.54, 1.807) is 13.1 Å². The highest BCUT2D eigenvalue weighted by Gasteiger charge is 2.14. The number of amides is 1. The van der Waals surface area contributed by atoms with Crippen LogP contribution in [0.1, 0.15) is 16.1 Å². The Labute approximate surface area is 137 Å². The first kappa shape index (κ1) is 15.9. The van der Waals surface area contributed by atoms with Gasteiger partial charge in [-0.2, -0.15) is 0 Å². The Balaban J connectivity index is 2.32. The fourth-order valence-electron chi connectivity index (χ4n) is 1.76. The standard InChI is InChI=1S/C14H12Cl3N3O/c1-7-3-12(18-2)8(6-19-7)14(21)20-13-5-10(16)9(15)4-11(13)17/h3-6H,1-2H3,(H,18,19)(H,20,21). The van der Waals surface area contributed by atoms with Crippen LogP contribution in [-0.2, 0) is 0 Å². The number of aryl methyl sites for hydroxylation is 1. The smallest absolute Gasteiger partial charge is 0.259 e. The van der Waals surface area contributed by atoms with Crippen LogP contribution in [0.25, 0.3) is 0 Å². The summed E-state index contributed by atoms with van der Waals surface area (Å²) in [4.78, 5) is 16.5. The van der Waals surface area contributed by atoms with Gasteiger partial charge >= 0.3 is 0 Å². The van der Waals surface area contributed by atoms with Gasteiger partial charge in [-0.15, -0.1) is 0 Å². The summed E-state index contributed by atoms with van der Waals surface area (Å²) in [6.07, 6.45) is 1.50.